The molecule has 0 spiro atoms. The molecule has 2 aliphatic rings. The van der Waals surface area contributed by atoms with Gasteiger partial charge in [0.05, 0.1) is 6.54 Å². The third-order valence-electron chi connectivity index (χ3n) is 4.05. The number of amides is 1. The molecule has 1 aliphatic heterocycles. The van der Waals surface area contributed by atoms with Gasteiger partial charge >= 0.3 is 0 Å². The summed E-state index contributed by atoms with van der Waals surface area (Å²) in [6.45, 7) is 0.871. The molecule has 1 aliphatic carbocycles. The Bertz CT molecular complexity index is 753. The topological polar surface area (TPSA) is 85.3 Å². The van der Waals surface area contributed by atoms with Gasteiger partial charge in [0.1, 0.15) is 12.3 Å². The van der Waals surface area contributed by atoms with Gasteiger partial charge in [0, 0.05) is 19.3 Å². The molecular formula is C14H14F2N4O3. The van der Waals surface area contributed by atoms with Crippen LogP contribution in [0.5, 0.6) is 0 Å². The predicted molar refractivity (Wildman–Crippen MR) is 70.9 cm³/mol. The molecule has 23 heavy (non-hydrogen) atoms. The van der Waals surface area contributed by atoms with E-state index in [1.54, 1.807) is 6.92 Å². The molecule has 122 valence electrons. The molecule has 0 unspecified atom stereocenters. The van der Waals surface area contributed by atoms with Gasteiger partial charge in [-0.2, -0.15) is 4.98 Å². The predicted octanol–water partition coefficient (Wildman–Crippen LogP) is 2.47. The van der Waals surface area contributed by atoms with E-state index in [4.69, 9.17) is 8.94 Å². The fraction of sp³-hybridized carbons (Fsp3) is 0.571. The van der Waals surface area contributed by atoms with Crippen molar-refractivity contribution in [2.24, 2.45) is 0 Å². The lowest BCUT2D eigenvalue weighted by atomic mass is 10.2. The van der Waals surface area contributed by atoms with Gasteiger partial charge < -0.3 is 13.8 Å². The van der Waals surface area contributed by atoms with E-state index in [-0.39, 0.29) is 17.5 Å². The van der Waals surface area contributed by atoms with Crippen molar-refractivity contribution in [1.82, 2.24) is 20.0 Å². The Morgan fingerprint density at radius 1 is 1.39 bits per heavy atom. The lowest BCUT2D eigenvalue weighted by Gasteiger charge is -2.19. The largest absolute Gasteiger partial charge is 0.448 e. The number of likely N-dealkylation sites (tertiary alicyclic amines) is 1. The summed E-state index contributed by atoms with van der Waals surface area (Å²) in [5.74, 6) is -2.51. The average Bonchev–Trinajstić information content (AvgIpc) is 2.94. The van der Waals surface area contributed by atoms with Crippen LogP contribution >= 0.6 is 0 Å². The van der Waals surface area contributed by atoms with Crippen LogP contribution in [-0.4, -0.2) is 38.4 Å². The Kier molecular flexibility index (Phi) is 3.00. The van der Waals surface area contributed by atoms with Crippen molar-refractivity contribution in [2.75, 3.05) is 6.54 Å². The maximum atomic E-state index is 13.9. The Labute approximate surface area is 129 Å². The van der Waals surface area contributed by atoms with E-state index in [0.717, 1.165) is 24.0 Å². The normalized spacial score (nSPS) is 23.4. The highest BCUT2D eigenvalue weighted by Gasteiger charge is 2.50. The zero-order valence-corrected chi connectivity index (χ0v) is 12.3. The van der Waals surface area contributed by atoms with Crippen LogP contribution in [0.1, 0.15) is 59.3 Å². The zero-order chi connectivity index (χ0) is 16.2. The molecule has 4 rings (SSSR count). The van der Waals surface area contributed by atoms with Gasteiger partial charge in [0.15, 0.2) is 17.4 Å². The molecule has 0 bridgehead atoms. The molecule has 3 heterocycles. The highest BCUT2D eigenvalue weighted by atomic mass is 19.3. The van der Waals surface area contributed by atoms with Crippen molar-refractivity contribution in [3.63, 3.8) is 0 Å². The van der Waals surface area contributed by atoms with Crippen LogP contribution < -0.4 is 0 Å². The molecule has 9 heteroatoms. The van der Waals surface area contributed by atoms with Gasteiger partial charge in [-0.1, -0.05) is 5.16 Å². The minimum absolute atomic E-state index is 0.00729. The molecular weight excluding hydrogens is 310 g/mol. The Morgan fingerprint density at radius 3 is 2.83 bits per heavy atom. The number of alkyl halides is 2. The van der Waals surface area contributed by atoms with Crippen LogP contribution in [0.25, 0.3) is 0 Å². The summed E-state index contributed by atoms with van der Waals surface area (Å²) in [4.78, 5) is 21.6. The van der Waals surface area contributed by atoms with Crippen molar-refractivity contribution < 1.29 is 22.5 Å². The summed E-state index contributed by atoms with van der Waals surface area (Å²) in [5.41, 5.74) is -0.00729. The van der Waals surface area contributed by atoms with Gasteiger partial charge in [-0.15, -0.1) is 0 Å². The molecule has 2 fully saturated rings. The number of halogens is 2. The number of carbonyl (C=O) groups is 1. The van der Waals surface area contributed by atoms with Gasteiger partial charge in [0.2, 0.25) is 5.89 Å². The van der Waals surface area contributed by atoms with E-state index in [1.807, 2.05) is 0 Å². The summed E-state index contributed by atoms with van der Waals surface area (Å²) < 4.78 is 37.8. The first kappa shape index (κ1) is 14.3. The molecule has 1 atom stereocenters. The molecule has 2 aromatic heterocycles. The number of hydrogen-bond donors (Lipinski definition) is 0. The fourth-order valence-electron chi connectivity index (χ4n) is 2.75. The van der Waals surface area contributed by atoms with E-state index >= 15 is 0 Å². The highest BCUT2D eigenvalue weighted by Crippen LogP contribution is 2.43. The molecule has 1 saturated carbocycles. The maximum absolute atomic E-state index is 13.9. The highest BCUT2D eigenvalue weighted by molar-refractivity contribution is 5.92. The molecule has 1 saturated heterocycles. The van der Waals surface area contributed by atoms with Crippen molar-refractivity contribution >= 4 is 5.91 Å². The number of carbonyl (C=O) groups excluding carboxylic acids is 1. The van der Waals surface area contributed by atoms with Gasteiger partial charge in [0.25, 0.3) is 11.8 Å². The first-order chi connectivity index (χ1) is 10.9. The van der Waals surface area contributed by atoms with Crippen LogP contribution in [0.15, 0.2) is 15.2 Å². The second-order valence-corrected chi connectivity index (χ2v) is 6.03. The van der Waals surface area contributed by atoms with Crippen molar-refractivity contribution in [3.8, 4) is 0 Å². The lowest BCUT2D eigenvalue weighted by molar-refractivity contribution is 0.0116. The molecule has 0 radical (unpaired) electrons. The van der Waals surface area contributed by atoms with Gasteiger partial charge in [-0.25, -0.2) is 13.8 Å². The van der Waals surface area contributed by atoms with E-state index in [1.165, 1.54) is 0 Å². The lowest BCUT2D eigenvalue weighted by Crippen LogP contribution is -2.33. The monoisotopic (exact) mass is 324 g/mol. The van der Waals surface area contributed by atoms with E-state index < -0.39 is 30.8 Å². The van der Waals surface area contributed by atoms with Crippen LogP contribution in [0, 0.1) is 6.92 Å². The van der Waals surface area contributed by atoms with Crippen molar-refractivity contribution in [2.45, 2.75) is 44.1 Å². The van der Waals surface area contributed by atoms with E-state index in [0.29, 0.717) is 11.7 Å². The number of aromatic nitrogens is 3. The minimum atomic E-state index is -3.01. The van der Waals surface area contributed by atoms with Crippen molar-refractivity contribution in [3.05, 3.63) is 29.6 Å². The summed E-state index contributed by atoms with van der Waals surface area (Å²) in [5, 5.41) is 3.84. The van der Waals surface area contributed by atoms with Gasteiger partial charge in [-0.3, -0.25) is 4.79 Å². The number of oxazole rings is 1. The van der Waals surface area contributed by atoms with E-state index in [2.05, 4.69) is 15.1 Å². The third-order valence-corrected chi connectivity index (χ3v) is 4.05. The Morgan fingerprint density at radius 2 is 2.17 bits per heavy atom. The number of nitrogens with zero attached hydrogens (tertiary/aromatic N) is 4. The van der Waals surface area contributed by atoms with Crippen LogP contribution in [0.3, 0.4) is 0 Å². The number of rotatable bonds is 3. The quantitative estimate of drug-likeness (QED) is 0.862. The number of hydrogen-bond acceptors (Lipinski definition) is 6. The fourth-order valence-corrected chi connectivity index (χ4v) is 2.75. The number of aryl methyl sites for hydroxylation is 1. The molecule has 2 aromatic rings. The third kappa shape index (κ3) is 2.60. The second kappa shape index (κ2) is 4.84. The summed E-state index contributed by atoms with van der Waals surface area (Å²) >= 11 is 0. The second-order valence-electron chi connectivity index (χ2n) is 6.03. The molecule has 0 aromatic carbocycles. The first-order valence-electron chi connectivity index (χ1n) is 7.37. The van der Waals surface area contributed by atoms with Gasteiger partial charge in [-0.05, 0) is 12.8 Å². The summed E-state index contributed by atoms with van der Waals surface area (Å²) in [7, 11) is 0. The van der Waals surface area contributed by atoms with Crippen LogP contribution in [0.2, 0.25) is 0 Å². The van der Waals surface area contributed by atoms with E-state index in [9.17, 15) is 13.6 Å². The van der Waals surface area contributed by atoms with Crippen LogP contribution in [-0.2, 0) is 0 Å². The minimum Gasteiger partial charge on any atom is -0.448 e. The molecule has 7 nitrogen and oxygen atoms in total. The smallest absolute Gasteiger partial charge is 0.276 e. The average molecular weight is 324 g/mol. The standard InChI is InChI=1S/C14H14F2N4O3/c1-7-17-9(5-22-7)13(21)20-6-14(15,16)4-10(20)12-18-11(19-23-12)8-2-3-8/h5,8,10H,2-4,6H2,1H3/t10-/m0/s1. The van der Waals surface area contributed by atoms with Crippen LogP contribution in [0.4, 0.5) is 8.78 Å². The Balaban J connectivity index is 1.63. The molecule has 1 amide bonds. The summed E-state index contributed by atoms with van der Waals surface area (Å²) in [6.07, 6.45) is 2.57. The first-order valence-corrected chi connectivity index (χ1v) is 7.37. The SMILES string of the molecule is Cc1nc(C(=O)N2CC(F)(F)C[C@H]2c2nc(C3CC3)no2)co1. The summed E-state index contributed by atoms with van der Waals surface area (Å²) in [6, 6.07) is -0.950. The maximum Gasteiger partial charge on any atom is 0.276 e. The molecule has 0 N–H and O–H groups in total. The Hall–Kier alpha value is -2.32. The zero-order valence-electron chi connectivity index (χ0n) is 12.3. The van der Waals surface area contributed by atoms with Crippen molar-refractivity contribution in [1.29, 1.82) is 0 Å².